The quantitative estimate of drug-likeness (QED) is 0.863. The molecule has 1 aliphatic heterocycles. The van der Waals surface area contributed by atoms with E-state index in [-0.39, 0.29) is 29.4 Å². The Morgan fingerprint density at radius 1 is 1.43 bits per heavy atom. The van der Waals surface area contributed by atoms with Gasteiger partial charge >= 0.3 is 0 Å². The van der Waals surface area contributed by atoms with E-state index in [1.165, 1.54) is 6.07 Å². The summed E-state index contributed by atoms with van der Waals surface area (Å²) in [5, 5.41) is 3.40. The summed E-state index contributed by atoms with van der Waals surface area (Å²) in [4.78, 5) is 2.06. The number of benzene rings is 1. The molecule has 0 aliphatic carbocycles. The fourth-order valence-electron chi connectivity index (χ4n) is 3.15. The third kappa shape index (κ3) is 5.18. The second kappa shape index (κ2) is 7.62. The van der Waals surface area contributed by atoms with Crippen molar-refractivity contribution in [3.05, 3.63) is 29.6 Å². The van der Waals surface area contributed by atoms with Crippen LogP contribution >= 0.6 is 0 Å². The van der Waals surface area contributed by atoms with Crippen LogP contribution in [-0.4, -0.2) is 45.1 Å². The van der Waals surface area contributed by atoms with E-state index in [9.17, 15) is 12.8 Å². The number of piperidine rings is 1. The summed E-state index contributed by atoms with van der Waals surface area (Å²) >= 11 is 0. The van der Waals surface area contributed by atoms with Gasteiger partial charge in [0.05, 0.1) is 11.4 Å². The Hall–Kier alpha value is -1.14. The van der Waals surface area contributed by atoms with Gasteiger partial charge in [0.15, 0.2) is 9.84 Å². The summed E-state index contributed by atoms with van der Waals surface area (Å²) in [6.07, 6.45) is 1.96. The van der Waals surface area contributed by atoms with E-state index < -0.39 is 9.84 Å². The van der Waals surface area contributed by atoms with Crippen molar-refractivity contribution in [1.82, 2.24) is 5.32 Å². The molecule has 0 radical (unpaired) electrons. The molecule has 1 fully saturated rings. The fourth-order valence-corrected chi connectivity index (χ4v) is 4.24. The Morgan fingerprint density at radius 3 is 2.87 bits per heavy atom. The molecule has 0 bridgehead atoms. The van der Waals surface area contributed by atoms with Gasteiger partial charge in [-0.25, -0.2) is 12.8 Å². The van der Waals surface area contributed by atoms with E-state index >= 15 is 0 Å². The van der Waals surface area contributed by atoms with Crippen molar-refractivity contribution >= 4 is 15.5 Å². The largest absolute Gasteiger partial charge is 0.368 e. The smallest absolute Gasteiger partial charge is 0.151 e. The normalized spacial score (nSPS) is 20.5. The fraction of sp³-hybridized carbons (Fsp3) is 0.647. The highest BCUT2D eigenvalue weighted by Gasteiger charge is 2.24. The maximum Gasteiger partial charge on any atom is 0.151 e. The van der Waals surface area contributed by atoms with Gasteiger partial charge in [-0.05, 0) is 44.4 Å². The average Bonchev–Trinajstić information content (AvgIpc) is 2.49. The topological polar surface area (TPSA) is 49.4 Å². The zero-order valence-electron chi connectivity index (χ0n) is 14.2. The van der Waals surface area contributed by atoms with Gasteiger partial charge in [-0.3, -0.25) is 0 Å². The molecular weight excluding hydrogens is 315 g/mol. The number of aryl methyl sites for hydroxylation is 1. The van der Waals surface area contributed by atoms with Crippen LogP contribution in [0.15, 0.2) is 18.2 Å². The predicted molar refractivity (Wildman–Crippen MR) is 93.3 cm³/mol. The van der Waals surface area contributed by atoms with E-state index in [0.717, 1.165) is 24.9 Å². The highest BCUT2D eigenvalue weighted by atomic mass is 32.2. The second-order valence-electron chi connectivity index (χ2n) is 6.51. The highest BCUT2D eigenvalue weighted by molar-refractivity contribution is 7.91. The molecule has 0 spiro atoms. The Kier molecular flexibility index (Phi) is 6.03. The molecule has 4 nitrogen and oxygen atoms in total. The Labute approximate surface area is 139 Å². The van der Waals surface area contributed by atoms with Gasteiger partial charge in [-0.2, -0.15) is 0 Å². The molecule has 1 N–H and O–H groups in total. The predicted octanol–water partition coefficient (Wildman–Crippen LogP) is 2.52. The van der Waals surface area contributed by atoms with Crippen LogP contribution in [0.3, 0.4) is 0 Å². The first-order valence-corrected chi connectivity index (χ1v) is 10.1. The molecule has 1 heterocycles. The number of anilines is 1. The molecule has 0 aromatic heterocycles. The minimum atomic E-state index is -2.98. The highest BCUT2D eigenvalue weighted by Crippen LogP contribution is 2.24. The summed E-state index contributed by atoms with van der Waals surface area (Å²) in [6.45, 7) is 7.07. The van der Waals surface area contributed by atoms with Gasteiger partial charge in [0, 0.05) is 30.9 Å². The first-order valence-electron chi connectivity index (χ1n) is 8.28. The second-order valence-corrected chi connectivity index (χ2v) is 8.90. The molecule has 2 atom stereocenters. The van der Waals surface area contributed by atoms with Crippen LogP contribution in [0.2, 0.25) is 0 Å². The minimum Gasteiger partial charge on any atom is -0.368 e. The lowest BCUT2D eigenvalue weighted by Crippen LogP contribution is -2.50. The molecule has 0 unspecified atom stereocenters. The Morgan fingerprint density at radius 2 is 2.17 bits per heavy atom. The van der Waals surface area contributed by atoms with Gasteiger partial charge < -0.3 is 10.2 Å². The maximum atomic E-state index is 14.1. The number of halogens is 1. The lowest BCUT2D eigenvalue weighted by atomic mass is 10.0. The van der Waals surface area contributed by atoms with Gasteiger partial charge in [-0.15, -0.1) is 0 Å². The molecule has 1 aliphatic rings. The van der Waals surface area contributed by atoms with E-state index in [1.54, 1.807) is 13.0 Å². The monoisotopic (exact) mass is 342 g/mol. The van der Waals surface area contributed by atoms with E-state index in [4.69, 9.17) is 0 Å². The molecule has 130 valence electrons. The van der Waals surface area contributed by atoms with Crippen LogP contribution in [0, 0.1) is 12.7 Å². The number of nitrogens with one attached hydrogen (secondary N) is 1. The molecule has 23 heavy (non-hydrogen) atoms. The van der Waals surface area contributed by atoms with E-state index in [0.29, 0.717) is 12.2 Å². The zero-order valence-corrected chi connectivity index (χ0v) is 15.0. The Balaban J connectivity index is 1.99. The van der Waals surface area contributed by atoms with Crippen LogP contribution in [0.5, 0.6) is 0 Å². The summed E-state index contributed by atoms with van der Waals surface area (Å²) < 4.78 is 37.5. The van der Waals surface area contributed by atoms with Crippen molar-refractivity contribution < 1.29 is 12.8 Å². The van der Waals surface area contributed by atoms with Crippen molar-refractivity contribution in [3.63, 3.8) is 0 Å². The number of hydrogen-bond donors (Lipinski definition) is 1. The molecule has 1 aromatic rings. The minimum absolute atomic E-state index is 0.0905. The van der Waals surface area contributed by atoms with E-state index in [2.05, 4.69) is 10.2 Å². The van der Waals surface area contributed by atoms with Crippen molar-refractivity contribution in [2.45, 2.75) is 45.7 Å². The third-order valence-corrected chi connectivity index (χ3v) is 6.22. The van der Waals surface area contributed by atoms with Crippen LogP contribution < -0.4 is 10.2 Å². The number of sulfone groups is 1. The molecule has 1 saturated heterocycles. The maximum absolute atomic E-state index is 14.1. The van der Waals surface area contributed by atoms with Crippen molar-refractivity contribution in [2.24, 2.45) is 0 Å². The third-order valence-electron chi connectivity index (χ3n) is 4.33. The van der Waals surface area contributed by atoms with Crippen molar-refractivity contribution in [1.29, 1.82) is 0 Å². The number of rotatable bonds is 6. The summed E-state index contributed by atoms with van der Waals surface area (Å²) in [7, 11) is -2.98. The first-order chi connectivity index (χ1) is 10.8. The van der Waals surface area contributed by atoms with Gasteiger partial charge in [0.2, 0.25) is 0 Å². The molecular formula is C17H27FN2O2S. The number of hydrogen-bond acceptors (Lipinski definition) is 4. The molecule has 0 saturated carbocycles. The standard InChI is InChI=1S/C17H27FN2O2S/c1-4-23(21,22)12-14(3)19-15-6-5-9-20(11-15)17-10-13(2)7-8-16(17)18/h7-8,10,14-15,19H,4-6,9,11-12H2,1-3H3/t14-,15+/m1/s1. The van der Waals surface area contributed by atoms with E-state index in [1.807, 2.05) is 19.9 Å². The molecule has 1 aromatic carbocycles. The molecule has 2 rings (SSSR count). The van der Waals surface area contributed by atoms with Crippen molar-refractivity contribution in [3.8, 4) is 0 Å². The number of nitrogens with zero attached hydrogens (tertiary/aromatic N) is 1. The average molecular weight is 342 g/mol. The molecule has 0 amide bonds. The lowest BCUT2D eigenvalue weighted by Gasteiger charge is -2.36. The van der Waals surface area contributed by atoms with Crippen molar-refractivity contribution in [2.75, 3.05) is 29.5 Å². The van der Waals surface area contributed by atoms with Crippen LogP contribution in [0.1, 0.15) is 32.3 Å². The van der Waals surface area contributed by atoms with Crippen LogP contribution in [0.4, 0.5) is 10.1 Å². The summed E-state index contributed by atoms with van der Waals surface area (Å²) in [5.41, 5.74) is 1.68. The SMILES string of the molecule is CCS(=O)(=O)C[C@@H](C)N[C@H]1CCCN(c2cc(C)ccc2F)C1. The van der Waals surface area contributed by atoms with Gasteiger partial charge in [0.25, 0.3) is 0 Å². The summed E-state index contributed by atoms with van der Waals surface area (Å²) in [5.74, 6) is 0.126. The van der Waals surface area contributed by atoms with Crippen LogP contribution in [0.25, 0.3) is 0 Å². The lowest BCUT2D eigenvalue weighted by molar-refractivity contribution is 0.392. The van der Waals surface area contributed by atoms with Gasteiger partial charge in [0.1, 0.15) is 5.82 Å². The Bertz CT molecular complexity index is 633. The summed E-state index contributed by atoms with van der Waals surface area (Å²) in [6, 6.07) is 5.26. The first kappa shape index (κ1) is 18.2. The zero-order chi connectivity index (χ0) is 17.0. The van der Waals surface area contributed by atoms with Gasteiger partial charge in [-0.1, -0.05) is 13.0 Å². The van der Waals surface area contributed by atoms with Crippen LogP contribution in [-0.2, 0) is 9.84 Å². The molecule has 6 heteroatoms.